The second-order valence-corrected chi connectivity index (χ2v) is 3.86. The number of carbonyl (C=O) groups excluding carboxylic acids is 1. The Morgan fingerprint density at radius 1 is 1.24 bits per heavy atom. The Balaban J connectivity index is 2.31. The number of methoxy groups -OCH3 is 1. The summed E-state index contributed by atoms with van der Waals surface area (Å²) in [6.45, 7) is 1.76. The zero-order chi connectivity index (χ0) is 12.3. The van der Waals surface area contributed by atoms with Crippen LogP contribution in [0.5, 0.6) is 6.01 Å². The maximum atomic E-state index is 11.1. The summed E-state index contributed by atoms with van der Waals surface area (Å²) in [7, 11) is 1.44. The Labute approximate surface area is 99.0 Å². The number of primary amides is 1. The molecule has 92 valence electrons. The van der Waals surface area contributed by atoms with E-state index in [0.29, 0.717) is 5.95 Å². The van der Waals surface area contributed by atoms with E-state index in [1.165, 1.54) is 13.5 Å². The number of anilines is 1. The molecule has 7 heteroatoms. The minimum Gasteiger partial charge on any atom is -0.467 e. The van der Waals surface area contributed by atoms with Gasteiger partial charge in [-0.25, -0.2) is 0 Å². The number of ether oxygens (including phenoxy) is 1. The van der Waals surface area contributed by atoms with Crippen molar-refractivity contribution < 1.29 is 9.53 Å². The van der Waals surface area contributed by atoms with Crippen LogP contribution in [-0.2, 0) is 0 Å². The third-order valence-electron chi connectivity index (χ3n) is 2.64. The number of hydrogen-bond donors (Lipinski definition) is 1. The number of carbonyl (C=O) groups is 1. The van der Waals surface area contributed by atoms with Crippen LogP contribution in [0.4, 0.5) is 5.95 Å². The molecule has 0 saturated carbocycles. The van der Waals surface area contributed by atoms with Crippen LogP contribution in [0.15, 0.2) is 0 Å². The van der Waals surface area contributed by atoms with Gasteiger partial charge in [0.05, 0.1) is 7.11 Å². The predicted octanol–water partition coefficient (Wildman–Crippen LogP) is -0.0306. The molecule has 1 aliphatic heterocycles. The van der Waals surface area contributed by atoms with E-state index < -0.39 is 5.91 Å². The van der Waals surface area contributed by atoms with Crippen molar-refractivity contribution in [3.8, 4) is 6.01 Å². The van der Waals surface area contributed by atoms with E-state index in [1.807, 2.05) is 4.90 Å². The molecule has 1 saturated heterocycles. The first-order valence-corrected chi connectivity index (χ1v) is 5.55. The van der Waals surface area contributed by atoms with E-state index >= 15 is 0 Å². The van der Waals surface area contributed by atoms with Crippen LogP contribution in [0, 0.1) is 0 Å². The summed E-state index contributed by atoms with van der Waals surface area (Å²) in [6.07, 6.45) is 3.40. The molecular formula is C10H15N5O2. The van der Waals surface area contributed by atoms with Gasteiger partial charge in [0.2, 0.25) is 11.8 Å². The molecule has 0 atom stereocenters. The molecular weight excluding hydrogens is 222 g/mol. The van der Waals surface area contributed by atoms with Crippen LogP contribution in [0.2, 0.25) is 0 Å². The predicted molar refractivity (Wildman–Crippen MR) is 61.0 cm³/mol. The molecule has 0 bridgehead atoms. The molecule has 2 N–H and O–H groups in total. The SMILES string of the molecule is COc1nc(C(N)=O)nc(N2CCCCC2)n1. The summed E-state index contributed by atoms with van der Waals surface area (Å²) in [5.41, 5.74) is 5.17. The van der Waals surface area contributed by atoms with Gasteiger partial charge >= 0.3 is 6.01 Å². The van der Waals surface area contributed by atoms with Gasteiger partial charge in [-0.2, -0.15) is 15.0 Å². The minimum absolute atomic E-state index is 0.0579. The van der Waals surface area contributed by atoms with Gasteiger partial charge in [0.15, 0.2) is 0 Å². The molecule has 1 aliphatic rings. The van der Waals surface area contributed by atoms with Crippen molar-refractivity contribution in [2.75, 3.05) is 25.1 Å². The maximum absolute atomic E-state index is 11.1. The second-order valence-electron chi connectivity index (χ2n) is 3.86. The zero-order valence-corrected chi connectivity index (χ0v) is 9.72. The van der Waals surface area contributed by atoms with Crippen molar-refractivity contribution in [1.82, 2.24) is 15.0 Å². The van der Waals surface area contributed by atoms with Crippen LogP contribution in [0.1, 0.15) is 29.9 Å². The van der Waals surface area contributed by atoms with Crippen molar-refractivity contribution in [2.24, 2.45) is 5.73 Å². The Morgan fingerprint density at radius 3 is 2.53 bits per heavy atom. The highest BCUT2D eigenvalue weighted by Crippen LogP contribution is 2.17. The van der Waals surface area contributed by atoms with Crippen LogP contribution in [0.3, 0.4) is 0 Å². The lowest BCUT2D eigenvalue weighted by Gasteiger charge is -2.26. The van der Waals surface area contributed by atoms with E-state index in [-0.39, 0.29) is 11.8 Å². The monoisotopic (exact) mass is 237 g/mol. The van der Waals surface area contributed by atoms with Crippen molar-refractivity contribution in [1.29, 1.82) is 0 Å². The Hall–Kier alpha value is -1.92. The van der Waals surface area contributed by atoms with Crippen LogP contribution in [0.25, 0.3) is 0 Å². The fraction of sp³-hybridized carbons (Fsp3) is 0.600. The van der Waals surface area contributed by atoms with Crippen molar-refractivity contribution in [3.05, 3.63) is 5.82 Å². The van der Waals surface area contributed by atoms with Gasteiger partial charge in [0.25, 0.3) is 5.91 Å². The zero-order valence-electron chi connectivity index (χ0n) is 9.72. The van der Waals surface area contributed by atoms with Crippen molar-refractivity contribution in [3.63, 3.8) is 0 Å². The highest BCUT2D eigenvalue weighted by atomic mass is 16.5. The normalized spacial score (nSPS) is 15.7. The second kappa shape index (κ2) is 4.94. The smallest absolute Gasteiger partial charge is 0.321 e. The highest BCUT2D eigenvalue weighted by Gasteiger charge is 2.18. The average molecular weight is 237 g/mol. The summed E-state index contributed by atoms with van der Waals surface area (Å²) in [6, 6.07) is 0.120. The van der Waals surface area contributed by atoms with Gasteiger partial charge in [-0.15, -0.1) is 0 Å². The highest BCUT2D eigenvalue weighted by molar-refractivity contribution is 5.89. The molecule has 0 aliphatic carbocycles. The Morgan fingerprint density at radius 2 is 1.94 bits per heavy atom. The largest absolute Gasteiger partial charge is 0.467 e. The first-order valence-electron chi connectivity index (χ1n) is 5.55. The molecule has 0 aromatic carbocycles. The van der Waals surface area contributed by atoms with Crippen LogP contribution in [-0.4, -0.2) is 41.1 Å². The number of amides is 1. The number of aromatic nitrogens is 3. The maximum Gasteiger partial charge on any atom is 0.321 e. The van der Waals surface area contributed by atoms with E-state index in [9.17, 15) is 4.79 Å². The van der Waals surface area contributed by atoms with Gasteiger partial charge in [0, 0.05) is 13.1 Å². The Kier molecular flexibility index (Phi) is 3.36. The van der Waals surface area contributed by atoms with Gasteiger partial charge in [-0.3, -0.25) is 4.79 Å². The molecule has 0 spiro atoms. The first-order chi connectivity index (χ1) is 8.20. The summed E-state index contributed by atoms with van der Waals surface area (Å²) < 4.78 is 4.94. The van der Waals surface area contributed by atoms with Gasteiger partial charge in [-0.1, -0.05) is 0 Å². The van der Waals surface area contributed by atoms with Crippen LogP contribution < -0.4 is 15.4 Å². The summed E-state index contributed by atoms with van der Waals surface area (Å²) in [4.78, 5) is 25.1. The van der Waals surface area contributed by atoms with E-state index in [4.69, 9.17) is 10.5 Å². The lowest BCUT2D eigenvalue weighted by Crippen LogP contribution is -2.32. The van der Waals surface area contributed by atoms with Gasteiger partial charge < -0.3 is 15.4 Å². The molecule has 1 fully saturated rings. The standard InChI is InChI=1S/C10H15N5O2/c1-17-10-13-8(7(11)16)12-9(14-10)15-5-3-2-4-6-15/h2-6H2,1H3,(H2,11,16). The third kappa shape index (κ3) is 2.61. The molecule has 7 nitrogen and oxygen atoms in total. The molecule has 17 heavy (non-hydrogen) atoms. The fourth-order valence-corrected chi connectivity index (χ4v) is 1.78. The number of hydrogen-bond acceptors (Lipinski definition) is 6. The van der Waals surface area contributed by atoms with Crippen molar-refractivity contribution >= 4 is 11.9 Å². The lowest BCUT2D eigenvalue weighted by molar-refractivity contribution is 0.0989. The topological polar surface area (TPSA) is 94.2 Å². The van der Waals surface area contributed by atoms with Crippen molar-refractivity contribution in [2.45, 2.75) is 19.3 Å². The van der Waals surface area contributed by atoms with E-state index in [1.54, 1.807) is 0 Å². The first kappa shape index (κ1) is 11.6. The molecule has 1 aromatic heterocycles. The number of nitrogens with two attached hydrogens (primary N) is 1. The van der Waals surface area contributed by atoms with E-state index in [0.717, 1.165) is 25.9 Å². The molecule has 0 unspecified atom stereocenters. The molecule has 1 aromatic rings. The summed E-state index contributed by atoms with van der Waals surface area (Å²) in [5.74, 6) is -0.272. The van der Waals surface area contributed by atoms with Crippen LogP contribution >= 0.6 is 0 Å². The molecule has 1 amide bonds. The molecule has 2 heterocycles. The average Bonchev–Trinajstić information content (AvgIpc) is 2.39. The third-order valence-corrected chi connectivity index (χ3v) is 2.64. The van der Waals surface area contributed by atoms with Gasteiger partial charge in [0.1, 0.15) is 0 Å². The fourth-order valence-electron chi connectivity index (χ4n) is 1.78. The summed E-state index contributed by atoms with van der Waals surface area (Å²) >= 11 is 0. The number of nitrogens with zero attached hydrogens (tertiary/aromatic N) is 4. The Bertz CT molecular complexity index is 417. The summed E-state index contributed by atoms with van der Waals surface area (Å²) in [5, 5.41) is 0. The molecule has 0 radical (unpaired) electrons. The lowest BCUT2D eigenvalue weighted by atomic mass is 10.1. The quantitative estimate of drug-likeness (QED) is 0.793. The number of rotatable bonds is 3. The molecule has 2 rings (SSSR count). The number of piperidine rings is 1. The van der Waals surface area contributed by atoms with Gasteiger partial charge in [-0.05, 0) is 19.3 Å². The minimum atomic E-state index is -0.677. The van der Waals surface area contributed by atoms with E-state index in [2.05, 4.69) is 15.0 Å².